The van der Waals surface area contributed by atoms with Gasteiger partial charge in [0.2, 0.25) is 0 Å². The first-order valence-electron chi connectivity index (χ1n) is 12.7. The average Bonchev–Trinajstić information content (AvgIpc) is 3.09. The number of rotatable bonds is 5. The minimum atomic E-state index is -1.05. The smallest absolute Gasteiger partial charge is 0.130 e. The van der Waals surface area contributed by atoms with Crippen molar-refractivity contribution >= 4 is 0 Å². The molecule has 0 radical (unpaired) electrons. The molecule has 2 saturated carbocycles. The highest BCUT2D eigenvalue weighted by molar-refractivity contribution is 5.44. The van der Waals surface area contributed by atoms with E-state index in [-0.39, 0.29) is 11.3 Å². The van der Waals surface area contributed by atoms with E-state index in [2.05, 4.69) is 48.1 Å². The van der Waals surface area contributed by atoms with Crippen LogP contribution in [0.3, 0.4) is 0 Å². The summed E-state index contributed by atoms with van der Waals surface area (Å²) in [6.07, 6.45) is 10.5. The Balaban J connectivity index is 1.52. The number of terminal acetylenes is 1. The molecule has 3 aliphatic rings. The molecule has 0 unspecified atom stereocenters. The fraction of sp³-hybridized carbons (Fsp3) is 0.533. The summed E-state index contributed by atoms with van der Waals surface area (Å²) in [5.74, 6) is 5.54. The molecule has 34 heavy (non-hydrogen) atoms. The van der Waals surface area contributed by atoms with Crippen LogP contribution in [0.15, 0.2) is 42.5 Å². The van der Waals surface area contributed by atoms with Crippen LogP contribution in [0.25, 0.3) is 0 Å². The number of nitrogens with zero attached hydrogens (tertiary/aromatic N) is 1. The van der Waals surface area contributed by atoms with E-state index in [1.807, 2.05) is 26.2 Å². The number of hydrogen-bond acceptors (Lipinski definition) is 4. The van der Waals surface area contributed by atoms with Gasteiger partial charge in [-0.05, 0) is 111 Å². The SMILES string of the molecule is C#C[C@]1(O)CC[C@H]2[C@@H]3CCc4cc(O)ccc4[C@H]3[C@@H](c3ccc(OCCN(C)C)cc3)C[C@@]21C. The fourth-order valence-corrected chi connectivity index (χ4v) is 7.42. The Hall–Kier alpha value is -2.48. The maximum atomic E-state index is 11.5. The van der Waals surface area contributed by atoms with Crippen molar-refractivity contribution in [3.63, 3.8) is 0 Å². The Morgan fingerprint density at radius 3 is 2.62 bits per heavy atom. The summed E-state index contributed by atoms with van der Waals surface area (Å²) >= 11 is 0. The van der Waals surface area contributed by atoms with Gasteiger partial charge in [0.1, 0.15) is 23.7 Å². The standard InChI is InChI=1S/C30H37NO3/c1-5-30(33)15-14-27-25-12-8-21-18-22(32)9-13-24(21)28(25)26(19-29(27,30)2)20-6-10-23(11-7-20)34-17-16-31(3)4/h1,6-7,9-11,13,18,25-28,32-33H,8,12,14-17,19H2,2-4H3/t25-,26+,27-,28+,29-,30-/m0/s1. The minimum absolute atomic E-state index is 0.253. The second-order valence-electron chi connectivity index (χ2n) is 11.2. The van der Waals surface area contributed by atoms with Crippen molar-refractivity contribution in [1.82, 2.24) is 4.90 Å². The van der Waals surface area contributed by atoms with Crippen LogP contribution in [0.2, 0.25) is 0 Å². The number of phenols is 1. The zero-order chi connectivity index (χ0) is 24.1. The molecule has 2 aromatic carbocycles. The normalized spacial score (nSPS) is 34.1. The predicted molar refractivity (Wildman–Crippen MR) is 135 cm³/mol. The number of benzene rings is 2. The molecule has 180 valence electrons. The number of fused-ring (bicyclic) bond motifs is 5. The number of hydrogen-bond donors (Lipinski definition) is 2. The summed E-state index contributed by atoms with van der Waals surface area (Å²) in [6.45, 7) is 3.77. The van der Waals surface area contributed by atoms with Gasteiger partial charge in [-0.3, -0.25) is 0 Å². The largest absolute Gasteiger partial charge is 0.508 e. The molecule has 4 nitrogen and oxygen atoms in total. The lowest BCUT2D eigenvalue weighted by atomic mass is 9.49. The van der Waals surface area contributed by atoms with Crippen molar-refractivity contribution in [3.8, 4) is 23.8 Å². The monoisotopic (exact) mass is 459 g/mol. The first-order chi connectivity index (χ1) is 16.3. The van der Waals surface area contributed by atoms with Gasteiger partial charge in [0, 0.05) is 12.0 Å². The Kier molecular flexibility index (Phi) is 5.91. The van der Waals surface area contributed by atoms with Crippen LogP contribution in [0.1, 0.15) is 61.1 Å². The van der Waals surface area contributed by atoms with Gasteiger partial charge in [-0.25, -0.2) is 0 Å². The first kappa shape index (κ1) is 23.3. The quantitative estimate of drug-likeness (QED) is 0.622. The Bertz CT molecular complexity index is 1090. The number of likely N-dealkylation sites (N-methyl/N-ethyl adjacent to an activating group) is 1. The second kappa shape index (κ2) is 8.63. The van der Waals surface area contributed by atoms with Crippen LogP contribution in [0, 0.1) is 29.6 Å². The summed E-state index contributed by atoms with van der Waals surface area (Å²) < 4.78 is 5.94. The molecular formula is C30H37NO3. The van der Waals surface area contributed by atoms with E-state index >= 15 is 0 Å². The van der Waals surface area contributed by atoms with Crippen LogP contribution in [0.4, 0.5) is 0 Å². The van der Waals surface area contributed by atoms with E-state index in [1.54, 1.807) is 0 Å². The van der Waals surface area contributed by atoms with Gasteiger partial charge >= 0.3 is 0 Å². The average molecular weight is 460 g/mol. The van der Waals surface area contributed by atoms with Crippen molar-refractivity contribution < 1.29 is 14.9 Å². The highest BCUT2D eigenvalue weighted by atomic mass is 16.5. The summed E-state index contributed by atoms with van der Waals surface area (Å²) in [7, 11) is 4.09. The number of phenolic OH excluding ortho intramolecular Hbond substituents is 1. The maximum absolute atomic E-state index is 11.5. The van der Waals surface area contributed by atoms with Gasteiger partial charge in [-0.1, -0.05) is 31.0 Å². The number of ether oxygens (including phenoxy) is 1. The van der Waals surface area contributed by atoms with Gasteiger partial charge in [0.05, 0.1) is 0 Å². The van der Waals surface area contributed by atoms with Gasteiger partial charge in [0.25, 0.3) is 0 Å². The minimum Gasteiger partial charge on any atom is -0.508 e. The van der Waals surface area contributed by atoms with Crippen molar-refractivity contribution in [2.24, 2.45) is 17.3 Å². The van der Waals surface area contributed by atoms with Crippen LogP contribution < -0.4 is 4.74 Å². The molecule has 6 atom stereocenters. The van der Waals surface area contributed by atoms with Gasteiger partial charge in [0.15, 0.2) is 0 Å². The van der Waals surface area contributed by atoms with E-state index in [4.69, 9.17) is 11.2 Å². The number of aliphatic hydroxyl groups is 1. The molecule has 0 amide bonds. The van der Waals surface area contributed by atoms with E-state index in [9.17, 15) is 10.2 Å². The Morgan fingerprint density at radius 2 is 1.91 bits per heavy atom. The summed E-state index contributed by atoms with van der Waals surface area (Å²) in [4.78, 5) is 2.11. The molecule has 2 N–H and O–H groups in total. The highest BCUT2D eigenvalue weighted by Gasteiger charge is 2.63. The third kappa shape index (κ3) is 3.70. The number of aryl methyl sites for hydroxylation is 1. The molecule has 2 fully saturated rings. The van der Waals surface area contributed by atoms with E-state index in [0.717, 1.165) is 38.0 Å². The zero-order valence-electron chi connectivity index (χ0n) is 20.6. The van der Waals surface area contributed by atoms with Crippen LogP contribution in [0.5, 0.6) is 11.5 Å². The first-order valence-corrected chi connectivity index (χ1v) is 12.7. The summed E-state index contributed by atoms with van der Waals surface area (Å²) in [6, 6.07) is 14.5. The molecule has 0 spiro atoms. The van der Waals surface area contributed by atoms with E-state index in [0.29, 0.717) is 36.5 Å². The molecule has 0 saturated heterocycles. The zero-order valence-corrected chi connectivity index (χ0v) is 20.6. The molecule has 4 heteroatoms. The van der Waals surface area contributed by atoms with Gasteiger partial charge < -0.3 is 19.8 Å². The fourth-order valence-electron chi connectivity index (χ4n) is 7.42. The van der Waals surface area contributed by atoms with Crippen LogP contribution in [-0.4, -0.2) is 48.0 Å². The number of aromatic hydroxyl groups is 1. The summed E-state index contributed by atoms with van der Waals surface area (Å²) in [5.41, 5.74) is 2.56. The molecule has 2 aromatic rings. The third-order valence-corrected chi connectivity index (χ3v) is 9.22. The van der Waals surface area contributed by atoms with Crippen molar-refractivity contribution in [3.05, 3.63) is 59.2 Å². The summed E-state index contributed by atoms with van der Waals surface area (Å²) in [5, 5.41) is 21.7. The molecule has 0 aromatic heterocycles. The molecule has 3 aliphatic carbocycles. The topological polar surface area (TPSA) is 52.9 Å². The highest BCUT2D eigenvalue weighted by Crippen LogP contribution is 2.67. The molecule has 0 bridgehead atoms. The maximum Gasteiger partial charge on any atom is 0.130 e. The predicted octanol–water partition coefficient (Wildman–Crippen LogP) is 4.95. The molecule has 0 heterocycles. The van der Waals surface area contributed by atoms with Crippen LogP contribution in [-0.2, 0) is 6.42 Å². The molecule has 5 rings (SSSR count). The Labute approximate surface area is 204 Å². The van der Waals surface area contributed by atoms with Crippen molar-refractivity contribution in [2.45, 2.75) is 56.5 Å². The second-order valence-corrected chi connectivity index (χ2v) is 11.2. The van der Waals surface area contributed by atoms with E-state index in [1.165, 1.54) is 16.7 Å². The van der Waals surface area contributed by atoms with Crippen molar-refractivity contribution in [2.75, 3.05) is 27.2 Å². The molecular weight excluding hydrogens is 422 g/mol. The van der Waals surface area contributed by atoms with Crippen LogP contribution >= 0.6 is 0 Å². The van der Waals surface area contributed by atoms with Gasteiger partial charge in [-0.15, -0.1) is 6.42 Å². The lowest BCUT2D eigenvalue weighted by Gasteiger charge is -2.55. The van der Waals surface area contributed by atoms with Gasteiger partial charge in [-0.2, -0.15) is 0 Å². The lowest BCUT2D eigenvalue weighted by molar-refractivity contribution is -0.0720. The van der Waals surface area contributed by atoms with Crippen molar-refractivity contribution in [1.29, 1.82) is 0 Å². The van der Waals surface area contributed by atoms with E-state index < -0.39 is 5.60 Å². The molecule has 0 aliphatic heterocycles. The third-order valence-electron chi connectivity index (χ3n) is 9.22. The Morgan fingerprint density at radius 1 is 1.15 bits per heavy atom. The lowest BCUT2D eigenvalue weighted by Crippen LogP contribution is -2.52.